The molecule has 0 spiro atoms. The number of benzene rings is 2. The Morgan fingerprint density at radius 2 is 1.81 bits per heavy atom. The fourth-order valence-corrected chi connectivity index (χ4v) is 3.83. The maximum Gasteiger partial charge on any atom is 0.228 e. The van der Waals surface area contributed by atoms with Crippen molar-refractivity contribution in [1.29, 1.82) is 0 Å². The Hall–Kier alpha value is -2.67. The van der Waals surface area contributed by atoms with Crippen molar-refractivity contribution >= 4 is 33.0 Å². The van der Waals surface area contributed by atoms with Crippen LogP contribution in [-0.4, -0.2) is 33.0 Å². The molecule has 3 rings (SSSR count). The number of sulfone groups is 1. The van der Waals surface area contributed by atoms with Gasteiger partial charge in [0.1, 0.15) is 0 Å². The predicted octanol–water partition coefficient (Wildman–Crippen LogP) is 2.40. The summed E-state index contributed by atoms with van der Waals surface area (Å²) in [5.74, 6) is -0.182. The van der Waals surface area contributed by atoms with Gasteiger partial charge in [-0.15, -0.1) is 0 Å². The van der Waals surface area contributed by atoms with Crippen molar-refractivity contribution in [3.63, 3.8) is 0 Å². The highest BCUT2D eigenvalue weighted by Crippen LogP contribution is 2.23. The zero-order valence-corrected chi connectivity index (χ0v) is 15.3. The van der Waals surface area contributed by atoms with Gasteiger partial charge in [-0.05, 0) is 36.2 Å². The van der Waals surface area contributed by atoms with Crippen LogP contribution in [0.4, 0.5) is 11.4 Å². The largest absolute Gasteiger partial charge is 0.325 e. The average Bonchev–Trinajstić information content (AvgIpc) is 3.01. The van der Waals surface area contributed by atoms with E-state index in [0.29, 0.717) is 6.42 Å². The monoisotopic (exact) mass is 372 g/mol. The number of rotatable bonds is 5. The quantitative estimate of drug-likeness (QED) is 0.874. The Morgan fingerprint density at radius 1 is 1.12 bits per heavy atom. The fraction of sp³-hybridized carbons (Fsp3) is 0.263. The zero-order chi connectivity index (χ0) is 18.7. The van der Waals surface area contributed by atoms with Gasteiger partial charge in [0.2, 0.25) is 11.8 Å². The van der Waals surface area contributed by atoms with E-state index in [1.54, 1.807) is 23.1 Å². The van der Waals surface area contributed by atoms with Gasteiger partial charge in [-0.2, -0.15) is 0 Å². The molecule has 1 saturated heterocycles. The second-order valence-electron chi connectivity index (χ2n) is 6.31. The summed E-state index contributed by atoms with van der Waals surface area (Å²) in [6.45, 7) is 0.723. The van der Waals surface area contributed by atoms with Gasteiger partial charge >= 0.3 is 0 Å². The molecule has 1 aliphatic heterocycles. The molecule has 2 aromatic carbocycles. The van der Waals surface area contributed by atoms with E-state index in [2.05, 4.69) is 5.32 Å². The van der Waals surface area contributed by atoms with Crippen molar-refractivity contribution in [2.24, 2.45) is 0 Å². The lowest BCUT2D eigenvalue weighted by molar-refractivity contribution is -0.117. The molecular formula is C19H20N2O4S. The van der Waals surface area contributed by atoms with Crippen molar-refractivity contribution in [3.8, 4) is 0 Å². The van der Waals surface area contributed by atoms with Crippen molar-refractivity contribution in [2.75, 3.05) is 23.0 Å². The SMILES string of the molecule is CS(=O)(=O)c1ccccc1NC(=O)Cc1ccc(N2CCCC2=O)cc1. The summed E-state index contributed by atoms with van der Waals surface area (Å²) in [5, 5.41) is 2.66. The van der Waals surface area contributed by atoms with E-state index in [9.17, 15) is 18.0 Å². The van der Waals surface area contributed by atoms with Crippen molar-refractivity contribution in [3.05, 3.63) is 54.1 Å². The van der Waals surface area contributed by atoms with Crippen LogP contribution < -0.4 is 10.2 Å². The minimum atomic E-state index is -3.42. The molecular weight excluding hydrogens is 352 g/mol. The zero-order valence-electron chi connectivity index (χ0n) is 14.4. The first kappa shape index (κ1) is 18.1. The van der Waals surface area contributed by atoms with Crippen LogP contribution in [0.1, 0.15) is 18.4 Å². The summed E-state index contributed by atoms with van der Waals surface area (Å²) < 4.78 is 23.6. The van der Waals surface area contributed by atoms with Crippen molar-refractivity contribution < 1.29 is 18.0 Å². The van der Waals surface area contributed by atoms with Crippen molar-refractivity contribution in [2.45, 2.75) is 24.2 Å². The minimum absolute atomic E-state index is 0.0937. The molecule has 0 aliphatic carbocycles. The molecule has 1 heterocycles. The highest BCUT2D eigenvalue weighted by atomic mass is 32.2. The standard InChI is InChI=1S/C19H20N2O4S/c1-26(24,25)17-6-3-2-5-16(17)20-18(22)13-14-8-10-15(11-9-14)21-12-4-7-19(21)23/h2-3,5-6,8-11H,4,7,12-13H2,1H3,(H,20,22). The lowest BCUT2D eigenvalue weighted by Gasteiger charge is -2.16. The number of hydrogen-bond donors (Lipinski definition) is 1. The molecule has 136 valence electrons. The van der Waals surface area contributed by atoms with Crippen LogP contribution in [0, 0.1) is 0 Å². The van der Waals surface area contributed by atoms with E-state index in [4.69, 9.17) is 0 Å². The maximum absolute atomic E-state index is 12.3. The first-order valence-electron chi connectivity index (χ1n) is 8.33. The molecule has 1 fully saturated rings. The third-order valence-corrected chi connectivity index (χ3v) is 5.40. The Labute approximate surface area is 152 Å². The number of carbonyl (C=O) groups is 2. The van der Waals surface area contributed by atoms with Gasteiger partial charge in [0, 0.05) is 24.9 Å². The van der Waals surface area contributed by atoms with Crippen LogP contribution in [-0.2, 0) is 25.8 Å². The summed E-state index contributed by atoms with van der Waals surface area (Å²) in [6.07, 6.45) is 2.66. The van der Waals surface area contributed by atoms with Gasteiger partial charge < -0.3 is 10.2 Å². The molecule has 0 saturated carbocycles. The second-order valence-corrected chi connectivity index (χ2v) is 8.29. The van der Waals surface area contributed by atoms with E-state index >= 15 is 0 Å². The third-order valence-electron chi connectivity index (χ3n) is 4.25. The van der Waals surface area contributed by atoms with Gasteiger partial charge in [0.25, 0.3) is 0 Å². The Morgan fingerprint density at radius 3 is 2.42 bits per heavy atom. The molecule has 6 nitrogen and oxygen atoms in total. The Balaban J connectivity index is 1.68. The number of amides is 2. The minimum Gasteiger partial charge on any atom is -0.325 e. The molecule has 1 aliphatic rings. The number of hydrogen-bond acceptors (Lipinski definition) is 4. The lowest BCUT2D eigenvalue weighted by atomic mass is 10.1. The molecule has 2 aromatic rings. The third kappa shape index (κ3) is 4.11. The highest BCUT2D eigenvalue weighted by Gasteiger charge is 2.21. The van der Waals surface area contributed by atoms with Gasteiger partial charge in [0.15, 0.2) is 9.84 Å². The van der Waals surface area contributed by atoms with E-state index in [-0.39, 0.29) is 28.8 Å². The van der Waals surface area contributed by atoms with Gasteiger partial charge in [-0.1, -0.05) is 24.3 Å². The Bertz CT molecular complexity index is 936. The maximum atomic E-state index is 12.3. The van der Waals surface area contributed by atoms with Crippen LogP contribution in [0.2, 0.25) is 0 Å². The van der Waals surface area contributed by atoms with Crippen molar-refractivity contribution in [1.82, 2.24) is 0 Å². The first-order valence-corrected chi connectivity index (χ1v) is 10.2. The first-order chi connectivity index (χ1) is 12.3. The summed E-state index contributed by atoms with van der Waals surface area (Å²) in [6, 6.07) is 13.6. The summed E-state index contributed by atoms with van der Waals surface area (Å²) in [7, 11) is -3.42. The van der Waals surface area contributed by atoms with Gasteiger partial charge in [0.05, 0.1) is 17.0 Å². The second kappa shape index (κ2) is 7.29. The van der Waals surface area contributed by atoms with Gasteiger partial charge in [-0.3, -0.25) is 9.59 Å². The molecule has 2 amide bonds. The smallest absolute Gasteiger partial charge is 0.228 e. The molecule has 0 radical (unpaired) electrons. The molecule has 26 heavy (non-hydrogen) atoms. The van der Waals surface area contributed by atoms with Crippen LogP contribution in [0.25, 0.3) is 0 Å². The van der Waals surface area contributed by atoms with Crippen LogP contribution >= 0.6 is 0 Å². The summed E-state index contributed by atoms with van der Waals surface area (Å²) in [4.78, 5) is 25.9. The van der Waals surface area contributed by atoms with Crippen LogP contribution in [0.15, 0.2) is 53.4 Å². The van der Waals surface area contributed by atoms with E-state index in [1.165, 1.54) is 6.07 Å². The number of anilines is 2. The molecule has 0 bridgehead atoms. The van der Waals surface area contributed by atoms with E-state index in [0.717, 1.165) is 30.5 Å². The molecule has 7 heteroatoms. The van der Waals surface area contributed by atoms with E-state index in [1.807, 2.05) is 24.3 Å². The Kier molecular flexibility index (Phi) is 5.08. The lowest BCUT2D eigenvalue weighted by Crippen LogP contribution is -2.23. The molecule has 1 N–H and O–H groups in total. The summed E-state index contributed by atoms with van der Waals surface area (Å²) in [5.41, 5.74) is 1.90. The number of para-hydroxylation sites is 1. The number of carbonyl (C=O) groups excluding carboxylic acids is 2. The van der Waals surface area contributed by atoms with Crippen LogP contribution in [0.5, 0.6) is 0 Å². The highest BCUT2D eigenvalue weighted by molar-refractivity contribution is 7.90. The van der Waals surface area contributed by atoms with E-state index < -0.39 is 9.84 Å². The number of nitrogens with zero attached hydrogens (tertiary/aromatic N) is 1. The average molecular weight is 372 g/mol. The topological polar surface area (TPSA) is 83.6 Å². The number of nitrogens with one attached hydrogen (secondary N) is 1. The van der Waals surface area contributed by atoms with Gasteiger partial charge in [-0.25, -0.2) is 8.42 Å². The molecule has 0 unspecified atom stereocenters. The normalized spacial score (nSPS) is 14.5. The van der Waals surface area contributed by atoms with Crippen LogP contribution in [0.3, 0.4) is 0 Å². The summed E-state index contributed by atoms with van der Waals surface area (Å²) >= 11 is 0. The fourth-order valence-electron chi connectivity index (χ4n) is 2.99. The predicted molar refractivity (Wildman–Crippen MR) is 99.9 cm³/mol. The molecule has 0 aromatic heterocycles. The molecule has 0 atom stereocenters.